The van der Waals surface area contributed by atoms with Crippen molar-refractivity contribution < 1.29 is 15.1 Å². The number of hydrogen-bond donors (Lipinski definition) is 3. The summed E-state index contributed by atoms with van der Waals surface area (Å²) >= 11 is 0. The number of carbonyl (C=O) groups is 1. The molecule has 0 atom stereocenters. The van der Waals surface area contributed by atoms with Crippen LogP contribution in [0.25, 0.3) is 6.08 Å². The molecule has 0 spiro atoms. The molecule has 5 heteroatoms. The first-order valence-corrected chi connectivity index (χ1v) is 4.62. The Bertz CT molecular complexity index is 413. The minimum Gasteiger partial charge on any atom is -0.411 e. The average Bonchev–Trinajstić information content (AvgIpc) is 2.28. The van der Waals surface area contributed by atoms with Gasteiger partial charge >= 0.3 is 0 Å². The lowest BCUT2D eigenvalue weighted by molar-refractivity contribution is -0.110. The van der Waals surface area contributed by atoms with Crippen LogP contribution in [-0.2, 0) is 4.79 Å². The average molecular weight is 220 g/mol. The summed E-state index contributed by atoms with van der Waals surface area (Å²) in [5, 5.41) is 22.0. The standard InChI is InChI=1S/C11H12N2O3/c14-7-3-5-9-4-1-2-6-10(9)13-11(15)8-12-16/h1-6,8,14,16H,7H2,(H,13,15). The zero-order chi connectivity index (χ0) is 11.8. The number of oxime groups is 1. The molecule has 0 radical (unpaired) electrons. The maximum atomic E-state index is 11.1. The molecule has 0 saturated heterocycles. The molecule has 1 rings (SSSR count). The Morgan fingerprint density at radius 1 is 1.44 bits per heavy atom. The fourth-order valence-electron chi connectivity index (χ4n) is 1.15. The molecule has 1 amide bonds. The zero-order valence-electron chi connectivity index (χ0n) is 8.50. The van der Waals surface area contributed by atoms with Crippen LogP contribution >= 0.6 is 0 Å². The minimum absolute atomic E-state index is 0.0691. The summed E-state index contributed by atoms with van der Waals surface area (Å²) in [4.78, 5) is 11.1. The Kier molecular flexibility index (Phi) is 4.75. The second-order valence-electron chi connectivity index (χ2n) is 2.91. The van der Waals surface area contributed by atoms with Crippen molar-refractivity contribution in [2.24, 2.45) is 5.16 Å². The van der Waals surface area contributed by atoms with Crippen molar-refractivity contribution in [2.75, 3.05) is 11.9 Å². The van der Waals surface area contributed by atoms with Gasteiger partial charge in [0, 0.05) is 5.69 Å². The summed E-state index contributed by atoms with van der Waals surface area (Å²) in [5.41, 5.74) is 1.34. The van der Waals surface area contributed by atoms with Gasteiger partial charge in [-0.15, -0.1) is 0 Å². The third kappa shape index (κ3) is 3.55. The molecule has 5 nitrogen and oxygen atoms in total. The van der Waals surface area contributed by atoms with Crippen LogP contribution in [0, 0.1) is 0 Å². The highest BCUT2D eigenvalue weighted by atomic mass is 16.4. The number of aliphatic hydroxyl groups excluding tert-OH is 1. The highest BCUT2D eigenvalue weighted by Crippen LogP contribution is 2.16. The van der Waals surface area contributed by atoms with Crippen LogP contribution in [0.1, 0.15) is 5.56 Å². The number of nitrogens with one attached hydrogen (secondary N) is 1. The van der Waals surface area contributed by atoms with Crippen molar-refractivity contribution in [1.29, 1.82) is 0 Å². The number of amides is 1. The van der Waals surface area contributed by atoms with E-state index in [9.17, 15) is 4.79 Å². The van der Waals surface area contributed by atoms with E-state index in [0.29, 0.717) is 5.69 Å². The van der Waals surface area contributed by atoms with E-state index in [-0.39, 0.29) is 6.61 Å². The monoisotopic (exact) mass is 220 g/mol. The molecule has 16 heavy (non-hydrogen) atoms. The van der Waals surface area contributed by atoms with Crippen LogP contribution in [0.4, 0.5) is 5.69 Å². The molecule has 3 N–H and O–H groups in total. The van der Waals surface area contributed by atoms with Crippen LogP contribution in [-0.4, -0.2) is 29.0 Å². The molecule has 0 aromatic heterocycles. The highest BCUT2D eigenvalue weighted by Gasteiger charge is 2.01. The largest absolute Gasteiger partial charge is 0.411 e. The second kappa shape index (κ2) is 6.36. The van der Waals surface area contributed by atoms with E-state index in [4.69, 9.17) is 10.3 Å². The fraction of sp³-hybridized carbons (Fsp3) is 0.0909. The molecule has 0 bridgehead atoms. The number of benzene rings is 1. The summed E-state index contributed by atoms with van der Waals surface area (Å²) in [6.45, 7) is -0.0691. The number of carbonyl (C=O) groups excluding carboxylic acids is 1. The van der Waals surface area contributed by atoms with Crippen molar-refractivity contribution in [3.05, 3.63) is 35.9 Å². The molecule has 1 aromatic rings. The Morgan fingerprint density at radius 2 is 2.19 bits per heavy atom. The molecular weight excluding hydrogens is 208 g/mol. The molecule has 0 heterocycles. The van der Waals surface area contributed by atoms with Gasteiger partial charge in [-0.3, -0.25) is 4.79 Å². The maximum Gasteiger partial charge on any atom is 0.270 e. The topological polar surface area (TPSA) is 81.9 Å². The van der Waals surface area contributed by atoms with Gasteiger partial charge in [-0.05, 0) is 11.6 Å². The van der Waals surface area contributed by atoms with Gasteiger partial charge in [0.15, 0.2) is 0 Å². The fourth-order valence-corrected chi connectivity index (χ4v) is 1.15. The summed E-state index contributed by atoms with van der Waals surface area (Å²) in [6, 6.07) is 7.08. The maximum absolute atomic E-state index is 11.1. The number of para-hydroxylation sites is 1. The van der Waals surface area contributed by atoms with E-state index in [1.165, 1.54) is 0 Å². The van der Waals surface area contributed by atoms with Crippen molar-refractivity contribution in [1.82, 2.24) is 0 Å². The Morgan fingerprint density at radius 3 is 2.88 bits per heavy atom. The lowest BCUT2D eigenvalue weighted by atomic mass is 10.1. The molecular formula is C11H12N2O3. The van der Waals surface area contributed by atoms with Crippen molar-refractivity contribution in [3.8, 4) is 0 Å². The van der Waals surface area contributed by atoms with Gasteiger partial charge in [-0.25, -0.2) is 0 Å². The molecule has 0 saturated carbocycles. The summed E-state index contributed by atoms with van der Waals surface area (Å²) in [6.07, 6.45) is 4.02. The smallest absolute Gasteiger partial charge is 0.270 e. The van der Waals surface area contributed by atoms with Crippen LogP contribution in [0.15, 0.2) is 35.5 Å². The van der Waals surface area contributed by atoms with Crippen molar-refractivity contribution in [2.45, 2.75) is 0 Å². The van der Waals surface area contributed by atoms with Crippen LogP contribution in [0.2, 0.25) is 0 Å². The van der Waals surface area contributed by atoms with E-state index in [0.717, 1.165) is 11.8 Å². The molecule has 0 unspecified atom stereocenters. The van der Waals surface area contributed by atoms with Gasteiger partial charge in [0.1, 0.15) is 6.21 Å². The first kappa shape index (κ1) is 11.9. The quantitative estimate of drug-likeness (QED) is 0.403. The van der Waals surface area contributed by atoms with Crippen molar-refractivity contribution >= 4 is 23.9 Å². The first-order chi connectivity index (χ1) is 7.77. The van der Waals surface area contributed by atoms with Crippen molar-refractivity contribution in [3.63, 3.8) is 0 Å². The minimum atomic E-state index is -0.521. The predicted octanol–water partition coefficient (Wildman–Crippen LogP) is 1.09. The van der Waals surface area contributed by atoms with Gasteiger partial charge < -0.3 is 15.6 Å². The number of rotatable bonds is 4. The van der Waals surface area contributed by atoms with Gasteiger partial charge in [-0.1, -0.05) is 35.5 Å². The number of anilines is 1. The SMILES string of the molecule is O=C(C=NO)Nc1ccccc1C=CCO. The summed E-state index contributed by atoms with van der Waals surface area (Å²) < 4.78 is 0. The lowest BCUT2D eigenvalue weighted by Crippen LogP contribution is -2.13. The molecule has 1 aromatic carbocycles. The molecule has 84 valence electrons. The normalized spacial score (nSPS) is 11.1. The van der Waals surface area contributed by atoms with Gasteiger partial charge in [0.2, 0.25) is 0 Å². The Labute approximate surface area is 92.7 Å². The Hall–Kier alpha value is -2.14. The number of nitrogens with zero attached hydrogens (tertiary/aromatic N) is 1. The van der Waals surface area contributed by atoms with Gasteiger partial charge in [-0.2, -0.15) is 0 Å². The lowest BCUT2D eigenvalue weighted by Gasteiger charge is -2.05. The van der Waals surface area contributed by atoms with Crippen LogP contribution < -0.4 is 5.32 Å². The van der Waals surface area contributed by atoms with Gasteiger partial charge in [0.05, 0.1) is 6.61 Å². The molecule has 0 aliphatic rings. The van der Waals surface area contributed by atoms with E-state index < -0.39 is 5.91 Å². The number of hydrogen-bond acceptors (Lipinski definition) is 4. The van der Waals surface area contributed by atoms with E-state index >= 15 is 0 Å². The highest BCUT2D eigenvalue weighted by molar-refractivity contribution is 6.31. The van der Waals surface area contributed by atoms with E-state index in [1.54, 1.807) is 30.4 Å². The third-order valence-electron chi connectivity index (χ3n) is 1.80. The molecule has 0 aliphatic heterocycles. The van der Waals surface area contributed by atoms with Gasteiger partial charge in [0.25, 0.3) is 5.91 Å². The summed E-state index contributed by atoms with van der Waals surface area (Å²) in [5.74, 6) is -0.521. The summed E-state index contributed by atoms with van der Waals surface area (Å²) in [7, 11) is 0. The van der Waals surface area contributed by atoms with Crippen LogP contribution in [0.5, 0.6) is 0 Å². The Balaban J connectivity index is 2.86. The van der Waals surface area contributed by atoms with Crippen LogP contribution in [0.3, 0.4) is 0 Å². The molecule has 0 fully saturated rings. The third-order valence-corrected chi connectivity index (χ3v) is 1.80. The second-order valence-corrected chi connectivity index (χ2v) is 2.91. The number of aliphatic hydroxyl groups is 1. The zero-order valence-corrected chi connectivity index (χ0v) is 8.50. The molecule has 0 aliphatic carbocycles. The van der Waals surface area contributed by atoms with E-state index in [2.05, 4.69) is 10.5 Å². The first-order valence-electron chi connectivity index (χ1n) is 4.62. The predicted molar refractivity (Wildman–Crippen MR) is 61.5 cm³/mol. The van der Waals surface area contributed by atoms with E-state index in [1.807, 2.05) is 6.07 Å².